The number of nitrogens with one attached hydrogen (secondary N) is 1. The van der Waals surface area contributed by atoms with Crippen molar-refractivity contribution in [2.45, 2.75) is 6.04 Å². The van der Waals surface area contributed by atoms with Gasteiger partial charge >= 0.3 is 0 Å². The van der Waals surface area contributed by atoms with Crippen LogP contribution < -0.4 is 5.32 Å². The maximum atomic E-state index is 13.8. The highest BCUT2D eigenvalue weighted by Gasteiger charge is 2.15. The predicted octanol–water partition coefficient (Wildman–Crippen LogP) is 3.87. The minimum absolute atomic E-state index is 0.268. The first-order valence-corrected chi connectivity index (χ1v) is 6.47. The molecule has 5 heteroatoms. The van der Waals surface area contributed by atoms with E-state index in [1.165, 1.54) is 30.3 Å². The monoisotopic (exact) mass is 327 g/mol. The van der Waals surface area contributed by atoms with Crippen molar-refractivity contribution >= 4 is 21.6 Å². The van der Waals surface area contributed by atoms with E-state index >= 15 is 0 Å². The Hall–Kier alpha value is -1.46. The fourth-order valence-corrected chi connectivity index (χ4v) is 2.09. The average molecular weight is 328 g/mol. The fraction of sp³-hybridized carbons (Fsp3) is 0.143. The highest BCUT2D eigenvalue weighted by Crippen LogP contribution is 2.24. The average Bonchev–Trinajstić information content (AvgIpc) is 2.39. The number of aliphatic hydroxyl groups is 1. The zero-order valence-corrected chi connectivity index (χ0v) is 11.5. The Morgan fingerprint density at radius 2 is 1.79 bits per heavy atom. The Bertz CT molecular complexity index is 560. The number of anilines is 1. The minimum atomic E-state index is -0.585. The summed E-state index contributed by atoms with van der Waals surface area (Å²) in [6.45, 7) is -0.268. The summed E-state index contributed by atoms with van der Waals surface area (Å²) in [5.74, 6) is -0.760. The minimum Gasteiger partial charge on any atom is -0.394 e. The van der Waals surface area contributed by atoms with Gasteiger partial charge in [0.25, 0.3) is 0 Å². The van der Waals surface area contributed by atoms with Crippen LogP contribution in [-0.4, -0.2) is 11.7 Å². The molecule has 0 aliphatic rings. The molecule has 0 saturated heterocycles. The third kappa shape index (κ3) is 3.52. The summed E-state index contributed by atoms with van der Waals surface area (Å²) in [5, 5.41) is 12.3. The van der Waals surface area contributed by atoms with E-state index in [4.69, 9.17) is 0 Å². The van der Waals surface area contributed by atoms with Gasteiger partial charge in [0, 0.05) is 15.7 Å². The van der Waals surface area contributed by atoms with Gasteiger partial charge < -0.3 is 10.4 Å². The van der Waals surface area contributed by atoms with Crippen LogP contribution in [0.1, 0.15) is 11.6 Å². The molecule has 1 unspecified atom stereocenters. The second kappa shape index (κ2) is 6.12. The molecular weight excluding hydrogens is 316 g/mol. The lowest BCUT2D eigenvalue weighted by Crippen LogP contribution is -2.16. The van der Waals surface area contributed by atoms with Crippen LogP contribution in [0.3, 0.4) is 0 Å². The lowest BCUT2D eigenvalue weighted by molar-refractivity contribution is 0.274. The van der Waals surface area contributed by atoms with Gasteiger partial charge in [-0.15, -0.1) is 0 Å². The van der Waals surface area contributed by atoms with Gasteiger partial charge in [-0.1, -0.05) is 22.0 Å². The molecule has 0 amide bonds. The van der Waals surface area contributed by atoms with Gasteiger partial charge in [0.05, 0.1) is 12.6 Å². The van der Waals surface area contributed by atoms with Crippen molar-refractivity contribution in [2.75, 3.05) is 11.9 Å². The lowest BCUT2D eigenvalue weighted by atomic mass is 10.1. The summed E-state index contributed by atoms with van der Waals surface area (Å²) in [6.07, 6.45) is 0. The van der Waals surface area contributed by atoms with Crippen molar-refractivity contribution in [3.63, 3.8) is 0 Å². The van der Waals surface area contributed by atoms with Gasteiger partial charge in [0.1, 0.15) is 11.6 Å². The van der Waals surface area contributed by atoms with Crippen molar-refractivity contribution in [1.82, 2.24) is 0 Å². The van der Waals surface area contributed by atoms with Crippen molar-refractivity contribution in [3.8, 4) is 0 Å². The molecule has 0 aliphatic heterocycles. The molecular formula is C14H12BrF2NO. The topological polar surface area (TPSA) is 32.3 Å². The number of rotatable bonds is 4. The fourth-order valence-electron chi connectivity index (χ4n) is 1.75. The third-order valence-corrected chi connectivity index (χ3v) is 3.20. The van der Waals surface area contributed by atoms with Gasteiger partial charge in [0.2, 0.25) is 0 Å². The molecule has 1 atom stereocenters. The lowest BCUT2D eigenvalue weighted by Gasteiger charge is -2.18. The molecule has 100 valence electrons. The van der Waals surface area contributed by atoms with Gasteiger partial charge in [-0.2, -0.15) is 0 Å². The van der Waals surface area contributed by atoms with E-state index in [-0.39, 0.29) is 12.4 Å². The molecule has 0 spiro atoms. The Morgan fingerprint density at radius 3 is 2.37 bits per heavy atom. The smallest absolute Gasteiger partial charge is 0.129 e. The molecule has 2 nitrogen and oxygen atoms in total. The normalized spacial score (nSPS) is 12.2. The van der Waals surface area contributed by atoms with Crippen LogP contribution in [0.2, 0.25) is 0 Å². The van der Waals surface area contributed by atoms with Crippen molar-refractivity contribution in [3.05, 3.63) is 64.1 Å². The number of halogens is 3. The molecule has 2 aromatic carbocycles. The van der Waals surface area contributed by atoms with E-state index in [2.05, 4.69) is 21.2 Å². The number of benzene rings is 2. The van der Waals surface area contributed by atoms with Gasteiger partial charge in [0.15, 0.2) is 0 Å². The van der Waals surface area contributed by atoms with Crippen molar-refractivity contribution < 1.29 is 13.9 Å². The van der Waals surface area contributed by atoms with Gasteiger partial charge in [-0.05, 0) is 36.4 Å². The second-order valence-electron chi connectivity index (χ2n) is 4.05. The van der Waals surface area contributed by atoms with Crippen LogP contribution in [-0.2, 0) is 0 Å². The third-order valence-electron chi connectivity index (χ3n) is 2.71. The zero-order chi connectivity index (χ0) is 13.8. The van der Waals surface area contributed by atoms with Crippen molar-refractivity contribution in [1.29, 1.82) is 0 Å². The molecule has 0 bridgehead atoms. The van der Waals surface area contributed by atoms with E-state index in [1.54, 1.807) is 12.1 Å². The van der Waals surface area contributed by atoms with E-state index in [0.717, 1.165) is 0 Å². The molecule has 19 heavy (non-hydrogen) atoms. The number of hydrogen-bond donors (Lipinski definition) is 2. The van der Waals surface area contributed by atoms with Crippen LogP contribution in [0.5, 0.6) is 0 Å². The largest absolute Gasteiger partial charge is 0.394 e. The van der Waals surface area contributed by atoms with E-state index in [0.29, 0.717) is 15.7 Å². The first-order chi connectivity index (χ1) is 9.10. The maximum absolute atomic E-state index is 13.8. The molecule has 0 radical (unpaired) electrons. The quantitative estimate of drug-likeness (QED) is 0.893. The van der Waals surface area contributed by atoms with Crippen LogP contribution >= 0.6 is 15.9 Å². The molecule has 2 N–H and O–H groups in total. The number of aliphatic hydroxyl groups excluding tert-OH is 1. The Balaban J connectivity index is 2.22. The molecule has 0 heterocycles. The van der Waals surface area contributed by atoms with Gasteiger partial charge in [-0.3, -0.25) is 0 Å². The van der Waals surface area contributed by atoms with Gasteiger partial charge in [-0.25, -0.2) is 8.78 Å². The SMILES string of the molecule is OCC(Nc1ccc(F)cc1)c1ccc(Br)cc1F. The molecule has 0 aromatic heterocycles. The summed E-state index contributed by atoms with van der Waals surface area (Å²) < 4.78 is 27.2. The van der Waals surface area contributed by atoms with E-state index in [1.807, 2.05) is 0 Å². The molecule has 2 aromatic rings. The Labute approximate surface area is 118 Å². The maximum Gasteiger partial charge on any atom is 0.129 e. The highest BCUT2D eigenvalue weighted by molar-refractivity contribution is 9.10. The summed E-state index contributed by atoms with van der Waals surface area (Å²) in [5.41, 5.74) is 0.970. The summed E-state index contributed by atoms with van der Waals surface area (Å²) in [7, 11) is 0. The second-order valence-corrected chi connectivity index (χ2v) is 4.97. The Kier molecular flexibility index (Phi) is 4.50. The first-order valence-electron chi connectivity index (χ1n) is 5.68. The van der Waals surface area contributed by atoms with Crippen molar-refractivity contribution in [2.24, 2.45) is 0 Å². The molecule has 0 saturated carbocycles. The molecule has 2 rings (SSSR count). The van der Waals surface area contributed by atoms with E-state index in [9.17, 15) is 13.9 Å². The predicted molar refractivity (Wildman–Crippen MR) is 73.9 cm³/mol. The van der Waals surface area contributed by atoms with Crippen LogP contribution in [0.15, 0.2) is 46.9 Å². The summed E-state index contributed by atoms with van der Waals surface area (Å²) in [6, 6.07) is 9.72. The van der Waals surface area contributed by atoms with E-state index < -0.39 is 11.9 Å². The van der Waals surface area contributed by atoms with Crippen LogP contribution in [0, 0.1) is 11.6 Å². The summed E-state index contributed by atoms with van der Waals surface area (Å²) in [4.78, 5) is 0. The highest BCUT2D eigenvalue weighted by atomic mass is 79.9. The zero-order valence-electron chi connectivity index (χ0n) is 9.91. The number of hydrogen-bond acceptors (Lipinski definition) is 2. The standard InChI is InChI=1S/C14H12BrF2NO/c15-9-1-6-12(13(17)7-9)14(8-19)18-11-4-2-10(16)3-5-11/h1-7,14,18-19H,8H2. The van der Waals surface area contributed by atoms with Crippen LogP contribution in [0.25, 0.3) is 0 Å². The molecule has 0 aliphatic carbocycles. The van der Waals surface area contributed by atoms with Crippen LogP contribution in [0.4, 0.5) is 14.5 Å². The first kappa shape index (κ1) is 14.0. The Morgan fingerprint density at radius 1 is 1.11 bits per heavy atom. The molecule has 0 fully saturated rings. The summed E-state index contributed by atoms with van der Waals surface area (Å²) >= 11 is 3.18.